The zero-order chi connectivity index (χ0) is 12.7. The molecule has 0 radical (unpaired) electrons. The minimum Gasteiger partial charge on any atom is -0.389 e. The molecule has 9 heteroatoms. The van der Waals surface area contributed by atoms with Crippen molar-refractivity contribution in [3.05, 3.63) is 0 Å². The van der Waals surface area contributed by atoms with Crippen LogP contribution in [-0.4, -0.2) is 47.5 Å². The van der Waals surface area contributed by atoms with E-state index in [-0.39, 0.29) is 0 Å². The molecule has 1 heterocycles. The van der Waals surface area contributed by atoms with Crippen LogP contribution in [0.25, 0.3) is 0 Å². The Balaban J connectivity index is 2.82. The number of hydrogen-bond acceptors (Lipinski definition) is 2. The van der Waals surface area contributed by atoms with E-state index in [2.05, 4.69) is 0 Å². The Labute approximate surface area is 85.6 Å². The largest absolute Gasteiger partial charge is 0.409 e. The van der Waals surface area contributed by atoms with E-state index in [0.717, 1.165) is 0 Å². The van der Waals surface area contributed by atoms with Crippen LogP contribution in [-0.2, 0) is 4.79 Å². The van der Waals surface area contributed by atoms with Crippen molar-refractivity contribution in [3.63, 3.8) is 0 Å². The normalized spacial score (nSPS) is 18.9. The van der Waals surface area contributed by atoms with Crippen LogP contribution >= 0.6 is 0 Å². The number of aliphatic hydroxyl groups is 1. The van der Waals surface area contributed by atoms with E-state index in [1.165, 1.54) is 0 Å². The molecule has 1 saturated heterocycles. The van der Waals surface area contributed by atoms with Gasteiger partial charge in [-0.2, -0.15) is 26.3 Å². The molecule has 1 aliphatic rings. The Morgan fingerprint density at radius 1 is 1.12 bits per heavy atom. The monoisotopic (exact) mass is 251 g/mol. The summed E-state index contributed by atoms with van der Waals surface area (Å²) in [7, 11) is 0. The SMILES string of the molecule is O=C(C(C(F)(F)F)C(F)(F)F)N1CC(O)C1. The zero-order valence-corrected chi connectivity index (χ0v) is 7.64. The number of likely N-dealkylation sites (tertiary alicyclic amines) is 1. The van der Waals surface area contributed by atoms with Crippen molar-refractivity contribution in [2.45, 2.75) is 18.5 Å². The van der Waals surface area contributed by atoms with E-state index in [9.17, 15) is 31.1 Å². The highest BCUT2D eigenvalue weighted by atomic mass is 19.4. The molecule has 0 aliphatic carbocycles. The summed E-state index contributed by atoms with van der Waals surface area (Å²) in [5.41, 5.74) is 0. The van der Waals surface area contributed by atoms with Gasteiger partial charge < -0.3 is 10.0 Å². The second kappa shape index (κ2) is 3.79. The van der Waals surface area contributed by atoms with Crippen LogP contribution in [0.2, 0.25) is 0 Å². The van der Waals surface area contributed by atoms with Crippen LogP contribution in [0.1, 0.15) is 0 Å². The minimum absolute atomic E-state index is 0.330. The molecule has 0 unspecified atom stereocenters. The van der Waals surface area contributed by atoms with Gasteiger partial charge in [0, 0.05) is 13.1 Å². The molecule has 0 atom stereocenters. The summed E-state index contributed by atoms with van der Waals surface area (Å²) < 4.78 is 72.3. The first kappa shape index (κ1) is 13.1. The van der Waals surface area contributed by atoms with Gasteiger partial charge in [0.1, 0.15) is 0 Å². The smallest absolute Gasteiger partial charge is 0.389 e. The number of aliphatic hydroxyl groups excluding tert-OH is 1. The molecule has 94 valence electrons. The van der Waals surface area contributed by atoms with E-state index in [0.29, 0.717) is 4.90 Å². The van der Waals surface area contributed by atoms with Gasteiger partial charge in [-0.15, -0.1) is 0 Å². The summed E-state index contributed by atoms with van der Waals surface area (Å²) in [6, 6.07) is 0. The number of β-amino-alcohol motifs (C(OH)–C–C–N with tert-alkyl or cyclic N) is 1. The van der Waals surface area contributed by atoms with Crippen molar-refractivity contribution in [2.75, 3.05) is 13.1 Å². The fourth-order valence-corrected chi connectivity index (χ4v) is 1.28. The molecule has 1 rings (SSSR count). The van der Waals surface area contributed by atoms with Crippen molar-refractivity contribution < 1.29 is 36.2 Å². The Morgan fingerprint density at radius 3 is 1.75 bits per heavy atom. The molecule has 0 aromatic heterocycles. The van der Waals surface area contributed by atoms with Crippen LogP contribution in [0, 0.1) is 5.92 Å². The van der Waals surface area contributed by atoms with E-state index < -0.39 is 43.4 Å². The van der Waals surface area contributed by atoms with Crippen LogP contribution < -0.4 is 0 Å². The predicted octanol–water partition coefficient (Wildman–Crippen LogP) is 0.930. The molecular formula is C7H7F6NO2. The average Bonchev–Trinajstić information content (AvgIpc) is 1.92. The number of carbonyl (C=O) groups excluding carboxylic acids is 1. The van der Waals surface area contributed by atoms with Crippen molar-refractivity contribution in [1.82, 2.24) is 4.90 Å². The molecule has 0 aromatic rings. The third-order valence-electron chi connectivity index (χ3n) is 2.08. The number of hydrogen-bond donors (Lipinski definition) is 1. The number of nitrogens with zero attached hydrogens (tertiary/aromatic N) is 1. The molecule has 3 nitrogen and oxygen atoms in total. The first-order chi connectivity index (χ1) is 7.03. The predicted molar refractivity (Wildman–Crippen MR) is 38.2 cm³/mol. The maximum Gasteiger partial charge on any atom is 0.409 e. The molecule has 0 bridgehead atoms. The third-order valence-corrected chi connectivity index (χ3v) is 2.08. The number of amides is 1. The quantitative estimate of drug-likeness (QED) is 0.704. The minimum atomic E-state index is -5.67. The van der Waals surface area contributed by atoms with Crippen LogP contribution in [0.15, 0.2) is 0 Å². The van der Waals surface area contributed by atoms with Crippen molar-refractivity contribution in [1.29, 1.82) is 0 Å². The maximum absolute atomic E-state index is 12.1. The Kier molecular flexibility index (Phi) is 3.10. The highest BCUT2D eigenvalue weighted by Crippen LogP contribution is 2.40. The summed E-state index contributed by atoms with van der Waals surface area (Å²) >= 11 is 0. The van der Waals surface area contributed by atoms with Crippen molar-refractivity contribution in [3.8, 4) is 0 Å². The first-order valence-corrected chi connectivity index (χ1v) is 4.13. The first-order valence-electron chi connectivity index (χ1n) is 4.13. The van der Waals surface area contributed by atoms with Gasteiger partial charge in [-0.1, -0.05) is 0 Å². The van der Waals surface area contributed by atoms with Gasteiger partial charge in [0.05, 0.1) is 6.10 Å². The van der Waals surface area contributed by atoms with E-state index >= 15 is 0 Å². The second-order valence-corrected chi connectivity index (χ2v) is 3.41. The summed E-state index contributed by atoms with van der Waals surface area (Å²) in [5, 5.41) is 8.70. The summed E-state index contributed by atoms with van der Waals surface area (Å²) in [6.45, 7) is -0.997. The van der Waals surface area contributed by atoms with Gasteiger partial charge in [0.15, 0.2) is 0 Å². The molecule has 0 aromatic carbocycles. The van der Waals surface area contributed by atoms with E-state index in [4.69, 9.17) is 5.11 Å². The van der Waals surface area contributed by atoms with Crippen molar-refractivity contribution >= 4 is 5.91 Å². The lowest BCUT2D eigenvalue weighted by Crippen LogP contribution is -2.59. The zero-order valence-electron chi connectivity index (χ0n) is 7.64. The fourth-order valence-electron chi connectivity index (χ4n) is 1.28. The van der Waals surface area contributed by atoms with E-state index in [1.807, 2.05) is 0 Å². The average molecular weight is 251 g/mol. The Bertz CT molecular complexity index is 266. The molecule has 1 fully saturated rings. The van der Waals surface area contributed by atoms with Crippen LogP contribution in [0.5, 0.6) is 0 Å². The fraction of sp³-hybridized carbons (Fsp3) is 0.857. The molecule has 16 heavy (non-hydrogen) atoms. The molecule has 0 saturated carbocycles. The van der Waals surface area contributed by atoms with Crippen molar-refractivity contribution in [2.24, 2.45) is 5.92 Å². The summed E-state index contributed by atoms with van der Waals surface area (Å²) in [4.78, 5) is 11.3. The van der Waals surface area contributed by atoms with Gasteiger partial charge in [0.25, 0.3) is 0 Å². The Hall–Kier alpha value is -0.990. The molecule has 1 amide bonds. The maximum atomic E-state index is 12.1. The second-order valence-electron chi connectivity index (χ2n) is 3.41. The lowest BCUT2D eigenvalue weighted by molar-refractivity contribution is -0.279. The number of carbonyl (C=O) groups is 1. The van der Waals surface area contributed by atoms with Gasteiger partial charge >= 0.3 is 12.4 Å². The topological polar surface area (TPSA) is 40.5 Å². The lowest BCUT2D eigenvalue weighted by atomic mass is 10.0. The van der Waals surface area contributed by atoms with Gasteiger partial charge in [-0.25, -0.2) is 0 Å². The van der Waals surface area contributed by atoms with E-state index in [1.54, 1.807) is 0 Å². The lowest BCUT2D eigenvalue weighted by Gasteiger charge is -2.38. The molecule has 1 N–H and O–H groups in total. The molecule has 0 spiro atoms. The summed E-state index contributed by atoms with van der Waals surface area (Å²) in [6.07, 6.45) is -12.4. The van der Waals surface area contributed by atoms with Gasteiger partial charge in [-0.05, 0) is 0 Å². The molecule has 1 aliphatic heterocycles. The van der Waals surface area contributed by atoms with Gasteiger partial charge in [0.2, 0.25) is 11.8 Å². The molecular weight excluding hydrogens is 244 g/mol. The van der Waals surface area contributed by atoms with Crippen LogP contribution in [0.3, 0.4) is 0 Å². The number of rotatable bonds is 1. The number of halogens is 6. The van der Waals surface area contributed by atoms with Gasteiger partial charge in [-0.3, -0.25) is 4.79 Å². The Morgan fingerprint density at radius 2 is 1.50 bits per heavy atom. The summed E-state index contributed by atoms with van der Waals surface area (Å²) in [5.74, 6) is -6.07. The highest BCUT2D eigenvalue weighted by Gasteiger charge is 2.62. The standard InChI is InChI=1S/C7H7F6NO2/c8-6(9,10)4(7(11,12)13)5(16)14-1-3(15)2-14/h3-4,15H,1-2H2. The van der Waals surface area contributed by atoms with Crippen LogP contribution in [0.4, 0.5) is 26.3 Å². The third kappa shape index (κ3) is 2.57. The number of alkyl halides is 6. The highest BCUT2D eigenvalue weighted by molar-refractivity contribution is 5.81.